The van der Waals surface area contributed by atoms with E-state index in [1.165, 1.54) is 43.0 Å². The van der Waals surface area contributed by atoms with E-state index in [9.17, 15) is 0 Å². The van der Waals surface area contributed by atoms with Gasteiger partial charge in [0.2, 0.25) is 0 Å². The average Bonchev–Trinajstić information content (AvgIpc) is 3.49. The standard InChI is InChI=1S/C69H49N3Si/c1-8-24-50(25-9-1)59-48-64(52-44-42-51(43-45-52)56-32-22-34-58(46-56)69-71-67(54-28-12-3-13-29-54)70-68(72-69)55-30-14-4-15-31-55)66(53-26-10-2-11-27-53)65(49-59)57-33-23-41-63(47-57)73(60-35-16-5-17-36-60,61-37-18-6-19-38-61)62-39-20-7-21-40-62/h1-49H. The molecule has 0 aliphatic rings. The molecule has 0 N–H and O–H groups in total. The molecule has 0 saturated heterocycles. The third kappa shape index (κ3) is 8.93. The van der Waals surface area contributed by atoms with Crippen LogP contribution in [0.2, 0.25) is 0 Å². The summed E-state index contributed by atoms with van der Waals surface area (Å²) >= 11 is 0. The molecule has 0 fully saturated rings. The Morgan fingerprint density at radius 3 is 1.01 bits per heavy atom. The van der Waals surface area contributed by atoms with Gasteiger partial charge in [0, 0.05) is 16.7 Å². The van der Waals surface area contributed by atoms with Crippen molar-refractivity contribution in [1.82, 2.24) is 15.0 Å². The molecule has 0 saturated carbocycles. The zero-order valence-corrected chi connectivity index (χ0v) is 41.1. The van der Waals surface area contributed by atoms with E-state index in [0.29, 0.717) is 17.5 Å². The topological polar surface area (TPSA) is 38.7 Å². The van der Waals surface area contributed by atoms with Crippen molar-refractivity contribution in [1.29, 1.82) is 0 Å². The average molecular weight is 948 g/mol. The highest BCUT2D eigenvalue weighted by Crippen LogP contribution is 2.44. The van der Waals surface area contributed by atoms with E-state index in [-0.39, 0.29) is 0 Å². The van der Waals surface area contributed by atoms with Crippen molar-refractivity contribution < 1.29 is 0 Å². The first-order valence-electron chi connectivity index (χ1n) is 24.8. The first-order chi connectivity index (χ1) is 36.2. The molecule has 0 aliphatic heterocycles. The molecule has 0 spiro atoms. The molecule has 12 aromatic rings. The third-order valence-electron chi connectivity index (χ3n) is 13.9. The lowest BCUT2D eigenvalue weighted by Gasteiger charge is -2.34. The predicted molar refractivity (Wildman–Crippen MR) is 307 cm³/mol. The van der Waals surface area contributed by atoms with Crippen molar-refractivity contribution in [3.05, 3.63) is 297 Å². The Balaban J connectivity index is 1.01. The van der Waals surface area contributed by atoms with Crippen LogP contribution < -0.4 is 20.7 Å². The molecule has 1 heterocycles. The fraction of sp³-hybridized carbons (Fsp3) is 0. The molecule has 0 unspecified atom stereocenters. The molecule has 11 aromatic carbocycles. The molecule has 0 bridgehead atoms. The van der Waals surface area contributed by atoms with Crippen molar-refractivity contribution >= 4 is 28.8 Å². The Bertz CT molecular complexity index is 3640. The zero-order chi connectivity index (χ0) is 48.8. The Morgan fingerprint density at radius 1 is 0.192 bits per heavy atom. The monoisotopic (exact) mass is 947 g/mol. The quantitative estimate of drug-likeness (QED) is 0.0905. The summed E-state index contributed by atoms with van der Waals surface area (Å²) in [5.74, 6) is 1.91. The highest BCUT2D eigenvalue weighted by atomic mass is 28.3. The normalized spacial score (nSPS) is 11.3. The fourth-order valence-electron chi connectivity index (χ4n) is 10.4. The minimum Gasteiger partial charge on any atom is -0.208 e. The number of aromatic nitrogens is 3. The summed E-state index contributed by atoms with van der Waals surface area (Å²) in [7, 11) is -2.83. The summed E-state index contributed by atoms with van der Waals surface area (Å²) in [6.07, 6.45) is 0. The molecule has 0 aliphatic carbocycles. The largest absolute Gasteiger partial charge is 0.208 e. The van der Waals surface area contributed by atoms with Gasteiger partial charge in [-0.15, -0.1) is 0 Å². The van der Waals surface area contributed by atoms with Crippen LogP contribution in [-0.2, 0) is 0 Å². The van der Waals surface area contributed by atoms with E-state index in [1.54, 1.807) is 0 Å². The molecule has 0 atom stereocenters. The minimum absolute atomic E-state index is 0.629. The molecule has 1 aromatic heterocycles. The maximum absolute atomic E-state index is 5.04. The van der Waals surface area contributed by atoms with E-state index in [2.05, 4.69) is 237 Å². The second-order valence-electron chi connectivity index (χ2n) is 18.3. The van der Waals surface area contributed by atoms with Gasteiger partial charge in [0.05, 0.1) is 0 Å². The van der Waals surface area contributed by atoms with E-state index < -0.39 is 8.07 Å². The number of rotatable bonds is 12. The number of nitrogens with zero attached hydrogens (tertiary/aromatic N) is 3. The Morgan fingerprint density at radius 2 is 0.521 bits per heavy atom. The summed E-state index contributed by atoms with van der Waals surface area (Å²) in [6.45, 7) is 0. The van der Waals surface area contributed by atoms with E-state index >= 15 is 0 Å². The first kappa shape index (κ1) is 44.8. The SMILES string of the molecule is c1ccc(-c2cc(-c3ccc(-c4cccc(-c5nc(-c6ccccc6)nc(-c6ccccc6)n5)c4)cc3)c(-c3ccccc3)c(-c3cccc([Si](c4ccccc4)(c4ccccc4)c4ccccc4)c3)c2)cc1. The van der Waals surface area contributed by atoms with E-state index in [4.69, 9.17) is 15.0 Å². The predicted octanol–water partition coefficient (Wildman–Crippen LogP) is 14.6. The van der Waals surface area contributed by atoms with Crippen molar-refractivity contribution in [2.75, 3.05) is 0 Å². The molecular formula is C69H49N3Si. The van der Waals surface area contributed by atoms with Gasteiger partial charge < -0.3 is 0 Å². The number of benzene rings is 11. The van der Waals surface area contributed by atoms with Crippen LogP contribution in [-0.4, -0.2) is 23.0 Å². The van der Waals surface area contributed by atoms with Gasteiger partial charge in [0.1, 0.15) is 0 Å². The summed E-state index contributed by atoms with van der Waals surface area (Å²) in [4.78, 5) is 15.0. The summed E-state index contributed by atoms with van der Waals surface area (Å²) in [5, 5.41) is 5.37. The molecular weight excluding hydrogens is 899 g/mol. The van der Waals surface area contributed by atoms with Crippen molar-refractivity contribution in [3.63, 3.8) is 0 Å². The van der Waals surface area contributed by atoms with Crippen LogP contribution in [0.3, 0.4) is 0 Å². The molecule has 73 heavy (non-hydrogen) atoms. The number of hydrogen-bond acceptors (Lipinski definition) is 3. The van der Waals surface area contributed by atoms with Crippen molar-refractivity contribution in [2.45, 2.75) is 0 Å². The summed E-state index contributed by atoms with van der Waals surface area (Å²) in [5.41, 5.74) is 14.3. The maximum Gasteiger partial charge on any atom is 0.179 e. The second-order valence-corrected chi connectivity index (χ2v) is 22.1. The van der Waals surface area contributed by atoms with Gasteiger partial charge in [-0.25, -0.2) is 15.0 Å². The van der Waals surface area contributed by atoms with Gasteiger partial charge in [-0.2, -0.15) is 0 Å². The van der Waals surface area contributed by atoms with Crippen LogP contribution in [0.4, 0.5) is 0 Å². The molecule has 4 heteroatoms. The smallest absolute Gasteiger partial charge is 0.179 e. The molecule has 0 amide bonds. The van der Waals surface area contributed by atoms with Gasteiger partial charge in [0.15, 0.2) is 25.5 Å². The van der Waals surface area contributed by atoms with Crippen molar-refractivity contribution in [2.24, 2.45) is 0 Å². The Kier molecular flexibility index (Phi) is 12.4. The van der Waals surface area contributed by atoms with Crippen molar-refractivity contribution in [3.8, 4) is 89.8 Å². The van der Waals surface area contributed by atoms with E-state index in [0.717, 1.165) is 50.1 Å². The van der Waals surface area contributed by atoms with Crippen LogP contribution in [0.15, 0.2) is 297 Å². The van der Waals surface area contributed by atoms with Crippen LogP contribution in [0, 0.1) is 0 Å². The van der Waals surface area contributed by atoms with Crippen LogP contribution in [0.1, 0.15) is 0 Å². The second kappa shape index (κ2) is 20.2. The Hall–Kier alpha value is -9.35. The van der Waals surface area contributed by atoms with Gasteiger partial charge in [-0.1, -0.05) is 279 Å². The first-order valence-corrected chi connectivity index (χ1v) is 26.8. The van der Waals surface area contributed by atoms with Gasteiger partial charge in [0.25, 0.3) is 0 Å². The van der Waals surface area contributed by atoms with Gasteiger partial charge in [-0.3, -0.25) is 0 Å². The maximum atomic E-state index is 5.04. The Labute approximate surface area is 428 Å². The number of hydrogen-bond donors (Lipinski definition) is 0. The van der Waals surface area contributed by atoms with Gasteiger partial charge >= 0.3 is 0 Å². The molecule has 3 nitrogen and oxygen atoms in total. The highest BCUT2D eigenvalue weighted by molar-refractivity contribution is 7.19. The summed E-state index contributed by atoms with van der Waals surface area (Å²) < 4.78 is 0. The molecule has 0 radical (unpaired) electrons. The third-order valence-corrected chi connectivity index (χ3v) is 18.7. The lowest BCUT2D eigenvalue weighted by Crippen LogP contribution is -2.74. The van der Waals surface area contributed by atoms with E-state index in [1.807, 2.05) is 60.7 Å². The minimum atomic E-state index is -2.83. The summed E-state index contributed by atoms with van der Waals surface area (Å²) in [6, 6.07) is 107. The van der Waals surface area contributed by atoms with Crippen LogP contribution in [0.25, 0.3) is 89.8 Å². The zero-order valence-electron chi connectivity index (χ0n) is 40.1. The van der Waals surface area contributed by atoms with Crippen LogP contribution >= 0.6 is 0 Å². The molecule has 344 valence electrons. The fourth-order valence-corrected chi connectivity index (χ4v) is 15.2. The van der Waals surface area contributed by atoms with Crippen LogP contribution in [0.5, 0.6) is 0 Å². The lowest BCUT2D eigenvalue weighted by atomic mass is 9.84. The lowest BCUT2D eigenvalue weighted by molar-refractivity contribution is 1.07. The van der Waals surface area contributed by atoms with Gasteiger partial charge in [-0.05, 0) is 94.6 Å². The molecule has 12 rings (SSSR count). The highest BCUT2D eigenvalue weighted by Gasteiger charge is 2.41.